The van der Waals surface area contributed by atoms with Crippen molar-refractivity contribution in [3.8, 4) is 0 Å². The number of ether oxygens (including phenoxy) is 1. The third-order valence-corrected chi connectivity index (χ3v) is 4.05. The number of hydrogen-bond acceptors (Lipinski definition) is 5. The van der Waals surface area contributed by atoms with Crippen LogP contribution in [0.15, 0.2) is 6.07 Å². The highest BCUT2D eigenvalue weighted by Gasteiger charge is 2.34. The summed E-state index contributed by atoms with van der Waals surface area (Å²) in [6, 6.07) is 2.18. The maximum atomic E-state index is 10.8. The van der Waals surface area contributed by atoms with Crippen LogP contribution in [-0.4, -0.2) is 40.3 Å². The maximum absolute atomic E-state index is 10.8. The van der Waals surface area contributed by atoms with Gasteiger partial charge in [0.05, 0.1) is 18.2 Å². The lowest BCUT2D eigenvalue weighted by atomic mass is 9.80. The Morgan fingerprint density at radius 2 is 2.25 bits per heavy atom. The minimum Gasteiger partial charge on any atom is -0.481 e. The highest BCUT2D eigenvalue weighted by molar-refractivity contribution is 5.71. The average molecular weight is 277 g/mol. The number of nitrogens with zero attached hydrogens (tertiary/aromatic N) is 2. The zero-order valence-corrected chi connectivity index (χ0v) is 11.5. The highest BCUT2D eigenvalue weighted by atomic mass is 16.5. The van der Waals surface area contributed by atoms with E-state index in [0.717, 1.165) is 37.0 Å². The molecule has 1 saturated carbocycles. The smallest absolute Gasteiger partial charge is 0.306 e. The van der Waals surface area contributed by atoms with E-state index >= 15 is 0 Å². The van der Waals surface area contributed by atoms with Crippen molar-refractivity contribution < 1.29 is 14.6 Å². The number of aromatic nitrogens is 2. The molecule has 6 heteroatoms. The lowest BCUT2D eigenvalue weighted by Crippen LogP contribution is -2.39. The second-order valence-electron chi connectivity index (χ2n) is 5.63. The Morgan fingerprint density at radius 3 is 2.90 bits per heavy atom. The lowest BCUT2D eigenvalue weighted by molar-refractivity contribution is -0.144. The van der Waals surface area contributed by atoms with Crippen LogP contribution in [0.25, 0.3) is 0 Å². The summed E-state index contributed by atoms with van der Waals surface area (Å²) in [6.07, 6.45) is 2.33. The summed E-state index contributed by atoms with van der Waals surface area (Å²) in [5, 5.41) is 12.2. The molecule has 108 valence electrons. The van der Waals surface area contributed by atoms with Gasteiger partial charge in [-0.3, -0.25) is 4.79 Å². The van der Waals surface area contributed by atoms with Crippen LogP contribution >= 0.6 is 0 Å². The summed E-state index contributed by atoms with van der Waals surface area (Å²) in [6.45, 7) is 3.39. The first kappa shape index (κ1) is 13.3. The predicted molar refractivity (Wildman–Crippen MR) is 72.7 cm³/mol. The van der Waals surface area contributed by atoms with Crippen LogP contribution < -0.4 is 5.32 Å². The van der Waals surface area contributed by atoms with Crippen molar-refractivity contribution in [2.24, 2.45) is 5.92 Å². The first-order valence-corrected chi connectivity index (χ1v) is 7.04. The Bertz CT molecular complexity index is 508. The van der Waals surface area contributed by atoms with Crippen molar-refractivity contribution in [1.29, 1.82) is 0 Å². The number of aliphatic carboxylic acids is 1. The molecule has 0 spiro atoms. The number of rotatable bonds is 4. The van der Waals surface area contributed by atoms with Gasteiger partial charge in [0, 0.05) is 24.6 Å². The summed E-state index contributed by atoms with van der Waals surface area (Å²) in [4.78, 5) is 19.7. The quantitative estimate of drug-likeness (QED) is 0.869. The van der Waals surface area contributed by atoms with Crippen molar-refractivity contribution in [3.63, 3.8) is 0 Å². The van der Waals surface area contributed by atoms with Crippen LogP contribution in [0.1, 0.15) is 36.7 Å². The summed E-state index contributed by atoms with van der Waals surface area (Å²) in [5.74, 6) is 0.980. The van der Waals surface area contributed by atoms with E-state index in [1.165, 1.54) is 0 Å². The van der Waals surface area contributed by atoms with Gasteiger partial charge in [-0.25, -0.2) is 9.97 Å². The average Bonchev–Trinajstić information content (AvgIpc) is 2.85. The van der Waals surface area contributed by atoms with Crippen molar-refractivity contribution in [3.05, 3.63) is 17.6 Å². The van der Waals surface area contributed by atoms with Gasteiger partial charge >= 0.3 is 5.97 Å². The van der Waals surface area contributed by atoms with Gasteiger partial charge in [0.15, 0.2) is 0 Å². The second kappa shape index (κ2) is 5.36. The topological polar surface area (TPSA) is 84.3 Å². The van der Waals surface area contributed by atoms with Crippen molar-refractivity contribution in [2.75, 3.05) is 18.5 Å². The van der Waals surface area contributed by atoms with Crippen LogP contribution in [0.5, 0.6) is 0 Å². The van der Waals surface area contributed by atoms with Gasteiger partial charge < -0.3 is 15.2 Å². The van der Waals surface area contributed by atoms with Crippen LogP contribution in [0.2, 0.25) is 0 Å². The third-order valence-electron chi connectivity index (χ3n) is 4.05. The molecule has 2 N–H and O–H groups in total. The van der Waals surface area contributed by atoms with E-state index in [-0.39, 0.29) is 12.0 Å². The molecule has 1 aromatic heterocycles. The Kier molecular flexibility index (Phi) is 3.56. The Morgan fingerprint density at radius 1 is 1.45 bits per heavy atom. The van der Waals surface area contributed by atoms with E-state index < -0.39 is 5.97 Å². The third kappa shape index (κ3) is 2.75. The Balaban J connectivity index is 1.66. The van der Waals surface area contributed by atoms with Gasteiger partial charge in [-0.1, -0.05) is 0 Å². The fourth-order valence-electron chi connectivity index (χ4n) is 2.79. The lowest BCUT2D eigenvalue weighted by Gasteiger charge is -2.33. The van der Waals surface area contributed by atoms with Crippen LogP contribution in [0, 0.1) is 12.8 Å². The fraction of sp³-hybridized carbons (Fsp3) is 0.643. The summed E-state index contributed by atoms with van der Waals surface area (Å²) >= 11 is 0. The molecule has 3 rings (SSSR count). The molecule has 0 unspecified atom stereocenters. The van der Waals surface area contributed by atoms with Gasteiger partial charge in [-0.05, 0) is 26.2 Å². The Labute approximate surface area is 117 Å². The zero-order valence-electron chi connectivity index (χ0n) is 11.5. The molecule has 1 atom stereocenters. The molecule has 0 bridgehead atoms. The second-order valence-corrected chi connectivity index (χ2v) is 5.63. The maximum Gasteiger partial charge on any atom is 0.306 e. The van der Waals surface area contributed by atoms with Crippen LogP contribution in [0.3, 0.4) is 0 Å². The first-order valence-electron chi connectivity index (χ1n) is 7.04. The summed E-state index contributed by atoms with van der Waals surface area (Å²) in [5.41, 5.74) is 1.02. The van der Waals surface area contributed by atoms with Gasteiger partial charge in [0.2, 0.25) is 0 Å². The SMILES string of the molecule is Cc1nc(NC2CC(C(=O)O)C2)cc([C@H]2CCOC2)n1. The number of anilines is 1. The van der Waals surface area contributed by atoms with Gasteiger partial charge in [0.25, 0.3) is 0 Å². The first-order chi connectivity index (χ1) is 9.61. The van der Waals surface area contributed by atoms with Crippen molar-refractivity contribution >= 4 is 11.8 Å². The molecule has 1 aromatic rings. The molecule has 1 aliphatic heterocycles. The zero-order chi connectivity index (χ0) is 14.1. The van der Waals surface area contributed by atoms with Gasteiger partial charge in [-0.2, -0.15) is 0 Å². The summed E-state index contributed by atoms with van der Waals surface area (Å²) in [7, 11) is 0. The predicted octanol–water partition coefficient (Wildman–Crippen LogP) is 1.56. The molecule has 0 amide bonds. The fourth-order valence-corrected chi connectivity index (χ4v) is 2.79. The standard InChI is InChI=1S/C14H19N3O3/c1-8-15-12(9-2-3-20-7-9)6-13(16-8)17-11-4-10(5-11)14(18)19/h6,9-11H,2-5,7H2,1H3,(H,18,19)(H,15,16,17)/t9-,10?,11?/m0/s1. The van der Waals surface area contributed by atoms with Crippen molar-refractivity contribution in [2.45, 2.75) is 38.1 Å². The van der Waals surface area contributed by atoms with E-state index in [9.17, 15) is 4.79 Å². The molecule has 6 nitrogen and oxygen atoms in total. The normalized spacial score (nSPS) is 28.9. The molecular formula is C14H19N3O3. The number of aryl methyl sites for hydroxylation is 1. The van der Waals surface area contributed by atoms with E-state index in [4.69, 9.17) is 9.84 Å². The van der Waals surface area contributed by atoms with Crippen LogP contribution in [-0.2, 0) is 9.53 Å². The largest absolute Gasteiger partial charge is 0.481 e. The minimum absolute atomic E-state index is 0.207. The van der Waals surface area contributed by atoms with E-state index in [2.05, 4.69) is 15.3 Å². The van der Waals surface area contributed by atoms with E-state index in [1.807, 2.05) is 13.0 Å². The van der Waals surface area contributed by atoms with Crippen molar-refractivity contribution in [1.82, 2.24) is 9.97 Å². The molecule has 2 aliphatic rings. The molecule has 2 fully saturated rings. The molecule has 20 heavy (non-hydrogen) atoms. The number of carboxylic acid groups (broad SMARTS) is 1. The molecular weight excluding hydrogens is 258 g/mol. The number of carbonyl (C=O) groups is 1. The van der Waals surface area contributed by atoms with Gasteiger partial charge in [-0.15, -0.1) is 0 Å². The highest BCUT2D eigenvalue weighted by Crippen LogP contribution is 2.31. The molecule has 0 aromatic carbocycles. The number of hydrogen-bond donors (Lipinski definition) is 2. The molecule has 1 aliphatic carbocycles. The van der Waals surface area contributed by atoms with Crippen LogP contribution in [0.4, 0.5) is 5.82 Å². The van der Waals surface area contributed by atoms with Gasteiger partial charge in [0.1, 0.15) is 11.6 Å². The number of carboxylic acids is 1. The van der Waals surface area contributed by atoms with E-state index in [0.29, 0.717) is 18.8 Å². The van der Waals surface area contributed by atoms with E-state index in [1.54, 1.807) is 0 Å². The monoisotopic (exact) mass is 277 g/mol. The number of nitrogens with one attached hydrogen (secondary N) is 1. The molecule has 2 heterocycles. The minimum atomic E-state index is -0.703. The summed E-state index contributed by atoms with van der Waals surface area (Å²) < 4.78 is 5.40. The molecule has 0 radical (unpaired) electrons. The Hall–Kier alpha value is -1.69. The molecule has 1 saturated heterocycles.